The second kappa shape index (κ2) is 6.36. The fourth-order valence-corrected chi connectivity index (χ4v) is 3.04. The number of carbonyl (C=O) groups excluding carboxylic acids is 1. The highest BCUT2D eigenvalue weighted by Gasteiger charge is 2.28. The van der Waals surface area contributed by atoms with E-state index in [-0.39, 0.29) is 17.4 Å². The Bertz CT molecular complexity index is 757. The minimum absolute atomic E-state index is 0.0795. The van der Waals surface area contributed by atoms with Crippen molar-refractivity contribution in [3.05, 3.63) is 45.8 Å². The average molecular weight is 316 g/mol. The van der Waals surface area contributed by atoms with Crippen LogP contribution < -0.4 is 5.56 Å². The van der Waals surface area contributed by atoms with Crippen LogP contribution in [0.1, 0.15) is 53.5 Å². The van der Waals surface area contributed by atoms with Gasteiger partial charge in [0, 0.05) is 31.5 Å². The summed E-state index contributed by atoms with van der Waals surface area (Å²) in [5.41, 5.74) is 1.10. The van der Waals surface area contributed by atoms with Gasteiger partial charge in [-0.05, 0) is 19.8 Å². The van der Waals surface area contributed by atoms with Gasteiger partial charge in [0.15, 0.2) is 12.1 Å². The van der Waals surface area contributed by atoms with Crippen LogP contribution in [0.25, 0.3) is 0 Å². The number of piperidine rings is 1. The van der Waals surface area contributed by atoms with Crippen molar-refractivity contribution in [3.63, 3.8) is 0 Å². The van der Waals surface area contributed by atoms with Crippen molar-refractivity contribution in [2.75, 3.05) is 13.1 Å². The molecular weight excluding hydrogens is 296 g/mol. The van der Waals surface area contributed by atoms with Crippen molar-refractivity contribution in [2.24, 2.45) is 0 Å². The summed E-state index contributed by atoms with van der Waals surface area (Å²) in [6.45, 7) is 4.98. The summed E-state index contributed by atoms with van der Waals surface area (Å²) >= 11 is 0. The maximum atomic E-state index is 12.5. The van der Waals surface area contributed by atoms with E-state index < -0.39 is 0 Å². The van der Waals surface area contributed by atoms with Gasteiger partial charge in [0.2, 0.25) is 0 Å². The first-order valence-corrected chi connectivity index (χ1v) is 7.88. The van der Waals surface area contributed by atoms with Crippen LogP contribution in [0.5, 0.6) is 0 Å². The zero-order valence-corrected chi connectivity index (χ0v) is 13.3. The predicted octanol–water partition coefficient (Wildman–Crippen LogP) is 1.65. The minimum atomic E-state index is -0.124. The monoisotopic (exact) mass is 316 g/mol. The molecule has 0 aromatic carbocycles. The molecule has 1 aliphatic heterocycles. The summed E-state index contributed by atoms with van der Waals surface area (Å²) in [6, 6.07) is 1.56. The normalized spacial score (nSPS) is 15.8. The number of nitrogens with one attached hydrogen (secondary N) is 1. The molecule has 122 valence electrons. The number of H-pyrrole nitrogens is 1. The van der Waals surface area contributed by atoms with Crippen LogP contribution in [0.2, 0.25) is 0 Å². The quantitative estimate of drug-likeness (QED) is 0.929. The molecule has 1 aliphatic rings. The van der Waals surface area contributed by atoms with Crippen molar-refractivity contribution < 1.29 is 9.21 Å². The summed E-state index contributed by atoms with van der Waals surface area (Å²) in [7, 11) is 0. The van der Waals surface area contributed by atoms with E-state index in [0.29, 0.717) is 36.8 Å². The molecule has 2 aromatic rings. The first-order chi connectivity index (χ1) is 11.1. The molecule has 1 saturated heterocycles. The molecule has 0 saturated carbocycles. The second-order valence-electron chi connectivity index (χ2n) is 5.80. The number of amides is 1. The Morgan fingerprint density at radius 3 is 2.83 bits per heavy atom. The van der Waals surface area contributed by atoms with Crippen LogP contribution in [-0.2, 0) is 6.42 Å². The van der Waals surface area contributed by atoms with E-state index in [9.17, 15) is 9.59 Å². The molecule has 23 heavy (non-hydrogen) atoms. The van der Waals surface area contributed by atoms with Gasteiger partial charge in [-0.1, -0.05) is 6.92 Å². The third kappa shape index (κ3) is 3.18. The van der Waals surface area contributed by atoms with Gasteiger partial charge in [-0.2, -0.15) is 0 Å². The second-order valence-corrected chi connectivity index (χ2v) is 5.80. The summed E-state index contributed by atoms with van der Waals surface area (Å²) < 4.78 is 5.24. The lowest BCUT2D eigenvalue weighted by molar-refractivity contribution is 0.0704. The summed E-state index contributed by atoms with van der Waals surface area (Å²) in [5, 5.41) is 0. The van der Waals surface area contributed by atoms with Crippen molar-refractivity contribution in [1.29, 1.82) is 0 Å². The van der Waals surface area contributed by atoms with Crippen LogP contribution in [0, 0.1) is 6.92 Å². The van der Waals surface area contributed by atoms with Crippen LogP contribution in [0.3, 0.4) is 0 Å². The largest absolute Gasteiger partial charge is 0.448 e. The maximum absolute atomic E-state index is 12.5. The standard InChI is InChI=1S/C16H20N4O3/c1-3-13-15(17-9-23-13)16(22)20-6-4-11(5-7-20)12-8-14(21)19-10(2)18-12/h8-9,11H,3-7H2,1-2H3,(H,18,19,21). The van der Waals surface area contributed by atoms with Gasteiger partial charge in [-0.25, -0.2) is 9.97 Å². The van der Waals surface area contributed by atoms with Crippen molar-refractivity contribution >= 4 is 5.91 Å². The lowest BCUT2D eigenvalue weighted by atomic mass is 9.93. The topological polar surface area (TPSA) is 92.1 Å². The molecule has 7 heteroatoms. The third-order valence-corrected chi connectivity index (χ3v) is 4.24. The maximum Gasteiger partial charge on any atom is 0.276 e. The molecule has 2 aromatic heterocycles. The highest BCUT2D eigenvalue weighted by Crippen LogP contribution is 2.27. The van der Waals surface area contributed by atoms with E-state index >= 15 is 0 Å². The fourth-order valence-electron chi connectivity index (χ4n) is 3.04. The van der Waals surface area contributed by atoms with E-state index in [1.807, 2.05) is 6.92 Å². The van der Waals surface area contributed by atoms with Gasteiger partial charge >= 0.3 is 0 Å². The number of aromatic amines is 1. The van der Waals surface area contributed by atoms with Gasteiger partial charge in [0.05, 0.1) is 5.69 Å². The highest BCUT2D eigenvalue weighted by molar-refractivity contribution is 5.93. The molecule has 1 N–H and O–H groups in total. The summed E-state index contributed by atoms with van der Waals surface area (Å²) in [4.78, 5) is 37.0. The molecule has 1 amide bonds. The molecule has 1 fully saturated rings. The summed E-state index contributed by atoms with van der Waals surface area (Å²) in [6.07, 6.45) is 3.55. The Morgan fingerprint density at radius 1 is 1.43 bits per heavy atom. The molecule has 3 heterocycles. The molecule has 0 radical (unpaired) electrons. The van der Waals surface area contributed by atoms with Gasteiger partial charge in [-0.3, -0.25) is 9.59 Å². The SMILES string of the molecule is CCc1ocnc1C(=O)N1CCC(c2cc(=O)[nH]c(C)n2)CC1. The van der Waals surface area contributed by atoms with Gasteiger partial charge < -0.3 is 14.3 Å². The van der Waals surface area contributed by atoms with Gasteiger partial charge in [-0.15, -0.1) is 0 Å². The lowest BCUT2D eigenvalue weighted by Gasteiger charge is -2.31. The number of aryl methyl sites for hydroxylation is 2. The first-order valence-electron chi connectivity index (χ1n) is 7.88. The fraction of sp³-hybridized carbons (Fsp3) is 0.500. The van der Waals surface area contributed by atoms with E-state index in [0.717, 1.165) is 18.5 Å². The number of carbonyl (C=O) groups is 1. The molecule has 0 aliphatic carbocycles. The van der Waals surface area contributed by atoms with E-state index in [1.165, 1.54) is 6.39 Å². The van der Waals surface area contributed by atoms with Gasteiger partial charge in [0.1, 0.15) is 11.6 Å². The molecular formula is C16H20N4O3. The van der Waals surface area contributed by atoms with Crippen LogP contribution >= 0.6 is 0 Å². The molecule has 3 rings (SSSR count). The highest BCUT2D eigenvalue weighted by atomic mass is 16.3. The Hall–Kier alpha value is -2.44. The lowest BCUT2D eigenvalue weighted by Crippen LogP contribution is -2.38. The van der Waals surface area contributed by atoms with Crippen LogP contribution in [-0.4, -0.2) is 38.8 Å². The zero-order chi connectivity index (χ0) is 16.4. The smallest absolute Gasteiger partial charge is 0.276 e. The number of aromatic nitrogens is 3. The average Bonchev–Trinajstić information content (AvgIpc) is 3.02. The van der Waals surface area contributed by atoms with E-state index in [1.54, 1.807) is 17.9 Å². The number of nitrogens with zero attached hydrogens (tertiary/aromatic N) is 3. The number of likely N-dealkylation sites (tertiary alicyclic amines) is 1. The molecule has 0 bridgehead atoms. The predicted molar refractivity (Wildman–Crippen MR) is 83.4 cm³/mol. The Balaban J connectivity index is 1.68. The zero-order valence-electron chi connectivity index (χ0n) is 13.3. The van der Waals surface area contributed by atoms with E-state index in [4.69, 9.17) is 4.42 Å². The number of rotatable bonds is 3. The van der Waals surface area contributed by atoms with Crippen LogP contribution in [0.15, 0.2) is 21.7 Å². The Morgan fingerprint density at radius 2 is 2.17 bits per heavy atom. The van der Waals surface area contributed by atoms with E-state index in [2.05, 4.69) is 15.0 Å². The van der Waals surface area contributed by atoms with Crippen LogP contribution in [0.4, 0.5) is 0 Å². The Labute approximate surface area is 133 Å². The number of hydrogen-bond donors (Lipinski definition) is 1. The molecule has 0 atom stereocenters. The van der Waals surface area contributed by atoms with Crippen molar-refractivity contribution in [2.45, 2.75) is 39.0 Å². The molecule has 0 unspecified atom stereocenters. The first kappa shape index (κ1) is 15.5. The molecule has 0 spiro atoms. The minimum Gasteiger partial charge on any atom is -0.448 e. The third-order valence-electron chi connectivity index (χ3n) is 4.24. The number of hydrogen-bond acceptors (Lipinski definition) is 5. The van der Waals surface area contributed by atoms with Crippen molar-refractivity contribution in [3.8, 4) is 0 Å². The van der Waals surface area contributed by atoms with Gasteiger partial charge in [0.25, 0.3) is 11.5 Å². The Kier molecular flexibility index (Phi) is 4.27. The number of oxazole rings is 1. The summed E-state index contributed by atoms with van der Waals surface area (Å²) in [5.74, 6) is 1.39. The van der Waals surface area contributed by atoms with Crippen molar-refractivity contribution in [1.82, 2.24) is 19.9 Å². The molecule has 7 nitrogen and oxygen atoms in total.